The number of carbonyl (C=O) groups is 1. The molecule has 5 nitrogen and oxygen atoms in total. The van der Waals surface area contributed by atoms with Crippen LogP contribution in [0, 0.1) is 6.92 Å². The number of alkyl halides is 1. The van der Waals surface area contributed by atoms with Gasteiger partial charge in [0.25, 0.3) is 0 Å². The van der Waals surface area contributed by atoms with Crippen molar-refractivity contribution in [1.82, 2.24) is 5.32 Å². The maximum absolute atomic E-state index is 11.9. The van der Waals surface area contributed by atoms with Crippen LogP contribution in [0.3, 0.4) is 0 Å². The molecule has 0 fully saturated rings. The third-order valence-electron chi connectivity index (χ3n) is 5.85. The Bertz CT molecular complexity index is 964. The van der Waals surface area contributed by atoms with Crippen LogP contribution < -0.4 is 15.8 Å². The highest BCUT2D eigenvalue weighted by Gasteiger charge is 2.36. The molecule has 0 spiro atoms. The third kappa shape index (κ3) is 4.85. The number of benzene rings is 1. The summed E-state index contributed by atoms with van der Waals surface area (Å²) in [6.45, 7) is 11.5. The normalized spacial score (nSPS) is 19.1. The first-order chi connectivity index (χ1) is 13.6. The van der Waals surface area contributed by atoms with E-state index >= 15 is 0 Å². The lowest BCUT2D eigenvalue weighted by molar-refractivity contribution is -0.121. The highest BCUT2D eigenvalue weighted by Crippen LogP contribution is 2.45. The molecule has 0 aliphatic carbocycles. The van der Waals surface area contributed by atoms with Gasteiger partial charge in [0.2, 0.25) is 5.91 Å². The van der Waals surface area contributed by atoms with Gasteiger partial charge >= 0.3 is 5.63 Å². The molecule has 29 heavy (non-hydrogen) atoms. The van der Waals surface area contributed by atoms with Crippen LogP contribution in [0.15, 0.2) is 27.4 Å². The number of carbonyl (C=O) groups excluding carboxylic acids is 1. The van der Waals surface area contributed by atoms with E-state index in [9.17, 15) is 9.59 Å². The van der Waals surface area contributed by atoms with E-state index in [1.54, 1.807) is 6.07 Å². The Hall–Kier alpha value is -1.82. The van der Waals surface area contributed by atoms with E-state index in [4.69, 9.17) is 4.42 Å². The van der Waals surface area contributed by atoms with E-state index in [1.165, 1.54) is 5.56 Å². The molecule has 3 rings (SSSR count). The van der Waals surface area contributed by atoms with Crippen molar-refractivity contribution in [2.75, 3.05) is 11.4 Å². The number of fused-ring (bicyclic) bond motifs is 2. The summed E-state index contributed by atoms with van der Waals surface area (Å²) in [5, 5.41) is 3.88. The second kappa shape index (κ2) is 8.50. The smallest absolute Gasteiger partial charge is 0.336 e. The highest BCUT2D eigenvalue weighted by molar-refractivity contribution is 9.09. The number of halogens is 1. The van der Waals surface area contributed by atoms with Gasteiger partial charge < -0.3 is 14.6 Å². The van der Waals surface area contributed by atoms with Gasteiger partial charge in [0.1, 0.15) is 5.58 Å². The topological polar surface area (TPSA) is 62.6 Å². The average molecular weight is 463 g/mol. The summed E-state index contributed by atoms with van der Waals surface area (Å²) < 4.78 is 5.51. The molecule has 1 aromatic carbocycles. The summed E-state index contributed by atoms with van der Waals surface area (Å²) in [6.07, 6.45) is 3.35. The first kappa shape index (κ1) is 21.9. The Morgan fingerprint density at radius 1 is 1.34 bits per heavy atom. The van der Waals surface area contributed by atoms with Crippen LogP contribution in [0.5, 0.6) is 0 Å². The number of nitrogens with zero attached hydrogens (tertiary/aromatic N) is 1. The number of nitrogens with one attached hydrogen (secondary N) is 1. The minimum absolute atomic E-state index is 0.00313. The number of hydrogen-bond acceptors (Lipinski definition) is 4. The quantitative estimate of drug-likeness (QED) is 0.276. The number of amides is 1. The van der Waals surface area contributed by atoms with Gasteiger partial charge in [-0.2, -0.15) is 0 Å². The summed E-state index contributed by atoms with van der Waals surface area (Å²) in [7, 11) is 0. The monoisotopic (exact) mass is 462 g/mol. The van der Waals surface area contributed by atoms with Crippen molar-refractivity contribution in [3.63, 3.8) is 0 Å². The molecule has 2 unspecified atom stereocenters. The maximum atomic E-state index is 11.9. The third-order valence-corrected chi connectivity index (χ3v) is 6.08. The molecule has 0 saturated heterocycles. The zero-order chi connectivity index (χ0) is 21.3. The second-order valence-corrected chi connectivity index (χ2v) is 10.2. The molecule has 158 valence electrons. The zero-order valence-electron chi connectivity index (χ0n) is 18.0. The lowest BCUT2D eigenvalue weighted by Crippen LogP contribution is -2.48. The van der Waals surface area contributed by atoms with Gasteiger partial charge in [-0.15, -0.1) is 0 Å². The van der Waals surface area contributed by atoms with Crippen LogP contribution in [0.1, 0.15) is 70.4 Å². The Morgan fingerprint density at radius 2 is 2.07 bits per heavy atom. The fraction of sp³-hybridized carbons (Fsp3) is 0.565. The van der Waals surface area contributed by atoms with E-state index < -0.39 is 0 Å². The van der Waals surface area contributed by atoms with Crippen molar-refractivity contribution in [2.45, 2.75) is 76.7 Å². The molecule has 1 amide bonds. The van der Waals surface area contributed by atoms with E-state index in [0.29, 0.717) is 17.9 Å². The largest absolute Gasteiger partial charge is 0.423 e. The molecule has 2 heterocycles. The molecule has 1 aliphatic rings. The van der Waals surface area contributed by atoms with Crippen LogP contribution in [0.4, 0.5) is 5.69 Å². The molecule has 2 atom stereocenters. The van der Waals surface area contributed by atoms with Gasteiger partial charge in [-0.3, -0.25) is 4.79 Å². The van der Waals surface area contributed by atoms with E-state index in [1.807, 2.05) is 19.9 Å². The Morgan fingerprint density at radius 3 is 2.76 bits per heavy atom. The molecule has 1 aliphatic heterocycles. The summed E-state index contributed by atoms with van der Waals surface area (Å²) >= 11 is 3.34. The standard InChI is InChI=1S/C23H31BrN2O3/c1-14-10-22(28)29-20-12-19-17(11-18(14)20)15(2)13-23(4,5)26(19)9-7-6-8-21(27)25-16(3)24/h10-12,15-16H,6-9,13H2,1-5H3,(H,25,27). The summed E-state index contributed by atoms with van der Waals surface area (Å²) in [6, 6.07) is 5.79. The van der Waals surface area contributed by atoms with Gasteiger partial charge in [-0.25, -0.2) is 4.79 Å². The Labute approximate surface area is 181 Å². The molecule has 0 radical (unpaired) electrons. The van der Waals surface area contributed by atoms with Crippen molar-refractivity contribution < 1.29 is 9.21 Å². The number of unbranched alkanes of at least 4 members (excludes halogenated alkanes) is 1. The van der Waals surface area contributed by atoms with Crippen LogP contribution in [0.25, 0.3) is 11.0 Å². The SMILES string of the molecule is Cc1cc(=O)oc2cc3c(cc12)C(C)CC(C)(C)N3CCCCC(=O)NC(C)Br. The number of hydrogen-bond donors (Lipinski definition) is 1. The number of rotatable bonds is 6. The minimum atomic E-state index is -0.309. The summed E-state index contributed by atoms with van der Waals surface area (Å²) in [4.78, 5) is 26.2. The minimum Gasteiger partial charge on any atom is -0.423 e. The fourth-order valence-electron chi connectivity index (χ4n) is 4.57. The highest BCUT2D eigenvalue weighted by atomic mass is 79.9. The maximum Gasteiger partial charge on any atom is 0.336 e. The first-order valence-corrected chi connectivity index (χ1v) is 11.3. The van der Waals surface area contributed by atoms with Crippen LogP contribution >= 0.6 is 15.9 Å². The molecule has 0 bridgehead atoms. The van der Waals surface area contributed by atoms with Crippen molar-refractivity contribution in [2.24, 2.45) is 0 Å². The predicted octanol–water partition coefficient (Wildman–Crippen LogP) is 5.22. The molecule has 6 heteroatoms. The van der Waals surface area contributed by atoms with Gasteiger partial charge in [0, 0.05) is 41.7 Å². The Balaban J connectivity index is 1.86. The lowest BCUT2D eigenvalue weighted by atomic mass is 9.79. The zero-order valence-corrected chi connectivity index (χ0v) is 19.6. The van der Waals surface area contributed by atoms with Gasteiger partial charge in [0.15, 0.2) is 0 Å². The molecule has 0 saturated carbocycles. The van der Waals surface area contributed by atoms with Crippen molar-refractivity contribution >= 4 is 38.5 Å². The van der Waals surface area contributed by atoms with Gasteiger partial charge in [0.05, 0.1) is 4.95 Å². The first-order valence-electron chi connectivity index (χ1n) is 10.4. The number of anilines is 1. The molecule has 2 aromatic rings. The lowest BCUT2D eigenvalue weighted by Gasteiger charge is -2.47. The Kier molecular flexibility index (Phi) is 6.42. The molecule has 1 N–H and O–H groups in total. The van der Waals surface area contributed by atoms with Crippen LogP contribution in [-0.4, -0.2) is 22.9 Å². The second-order valence-electron chi connectivity index (χ2n) is 8.87. The van der Waals surface area contributed by atoms with Crippen LogP contribution in [0.2, 0.25) is 0 Å². The number of aryl methyl sites for hydroxylation is 1. The van der Waals surface area contributed by atoms with Crippen molar-refractivity contribution in [3.8, 4) is 0 Å². The van der Waals surface area contributed by atoms with Gasteiger partial charge in [-0.05, 0) is 70.1 Å². The van der Waals surface area contributed by atoms with E-state index in [-0.39, 0.29) is 22.0 Å². The van der Waals surface area contributed by atoms with E-state index in [0.717, 1.165) is 42.4 Å². The average Bonchev–Trinajstić information content (AvgIpc) is 2.58. The predicted molar refractivity (Wildman–Crippen MR) is 122 cm³/mol. The summed E-state index contributed by atoms with van der Waals surface area (Å²) in [5.74, 6) is 0.503. The fourth-order valence-corrected chi connectivity index (χ4v) is 4.82. The van der Waals surface area contributed by atoms with E-state index in [2.05, 4.69) is 53.0 Å². The van der Waals surface area contributed by atoms with Crippen LogP contribution in [-0.2, 0) is 4.79 Å². The van der Waals surface area contributed by atoms with Crippen molar-refractivity contribution in [3.05, 3.63) is 39.7 Å². The molecule has 1 aromatic heterocycles. The summed E-state index contributed by atoms with van der Waals surface area (Å²) in [5.41, 5.74) is 3.74. The van der Waals surface area contributed by atoms with Crippen molar-refractivity contribution in [1.29, 1.82) is 0 Å². The van der Waals surface area contributed by atoms with Gasteiger partial charge in [-0.1, -0.05) is 22.9 Å². The molecular weight excluding hydrogens is 432 g/mol. The molecular formula is C23H31BrN2O3.